The quantitative estimate of drug-likeness (QED) is 0.653. The van der Waals surface area contributed by atoms with Gasteiger partial charge in [-0.2, -0.15) is 0 Å². The smallest absolute Gasteiger partial charge is 0.226 e. The van der Waals surface area contributed by atoms with Crippen LogP contribution in [-0.4, -0.2) is 56.1 Å². The van der Waals surface area contributed by atoms with Gasteiger partial charge in [0, 0.05) is 44.2 Å². The molecule has 0 spiro atoms. The number of hydrogen-bond acceptors (Lipinski definition) is 4. The molecule has 1 saturated heterocycles. The van der Waals surface area contributed by atoms with Gasteiger partial charge in [0.25, 0.3) is 0 Å². The second-order valence-electron chi connectivity index (χ2n) is 7.93. The van der Waals surface area contributed by atoms with Gasteiger partial charge in [0.05, 0.1) is 13.2 Å². The van der Waals surface area contributed by atoms with E-state index in [1.807, 2.05) is 4.90 Å². The van der Waals surface area contributed by atoms with Crippen molar-refractivity contribution in [2.45, 2.75) is 38.5 Å². The SMILES string of the molecule is O=C(CC(C(=O)N1CCOCC1)C1CCCCC1)NCCNc1ccc(F)cc1. The van der Waals surface area contributed by atoms with E-state index >= 15 is 0 Å². The molecule has 6 nitrogen and oxygen atoms in total. The van der Waals surface area contributed by atoms with E-state index in [2.05, 4.69) is 10.6 Å². The molecule has 1 aromatic rings. The van der Waals surface area contributed by atoms with Gasteiger partial charge >= 0.3 is 0 Å². The molecule has 2 fully saturated rings. The first-order valence-corrected chi connectivity index (χ1v) is 10.8. The van der Waals surface area contributed by atoms with E-state index in [1.54, 1.807) is 12.1 Å². The van der Waals surface area contributed by atoms with Gasteiger partial charge in [0.2, 0.25) is 11.8 Å². The van der Waals surface area contributed by atoms with Crippen LogP contribution in [0.3, 0.4) is 0 Å². The highest BCUT2D eigenvalue weighted by molar-refractivity contribution is 5.86. The average Bonchev–Trinajstić information content (AvgIpc) is 2.77. The van der Waals surface area contributed by atoms with Crippen molar-refractivity contribution < 1.29 is 18.7 Å². The molecule has 7 heteroatoms. The number of carbonyl (C=O) groups excluding carboxylic acids is 2. The van der Waals surface area contributed by atoms with Crippen LogP contribution in [0.5, 0.6) is 0 Å². The van der Waals surface area contributed by atoms with Crippen LogP contribution in [0.2, 0.25) is 0 Å². The van der Waals surface area contributed by atoms with Crippen molar-refractivity contribution in [1.82, 2.24) is 10.2 Å². The predicted octanol–water partition coefficient (Wildman–Crippen LogP) is 2.80. The van der Waals surface area contributed by atoms with Crippen molar-refractivity contribution in [3.63, 3.8) is 0 Å². The molecule has 0 bridgehead atoms. The Kier molecular flexibility index (Phi) is 8.28. The van der Waals surface area contributed by atoms with Crippen molar-refractivity contribution in [2.75, 3.05) is 44.7 Å². The fraction of sp³-hybridized carbons (Fsp3) is 0.636. The molecule has 0 aromatic heterocycles. The van der Waals surface area contributed by atoms with Crippen LogP contribution in [0.25, 0.3) is 0 Å². The number of amides is 2. The Morgan fingerprint density at radius 3 is 2.45 bits per heavy atom. The number of hydrogen-bond donors (Lipinski definition) is 2. The topological polar surface area (TPSA) is 70.7 Å². The van der Waals surface area contributed by atoms with E-state index in [-0.39, 0.29) is 30.0 Å². The summed E-state index contributed by atoms with van der Waals surface area (Å²) in [7, 11) is 0. The normalized spacial score (nSPS) is 18.9. The molecule has 1 saturated carbocycles. The summed E-state index contributed by atoms with van der Waals surface area (Å²) in [6.45, 7) is 3.38. The number of rotatable bonds is 8. The van der Waals surface area contributed by atoms with Gasteiger partial charge in [-0.15, -0.1) is 0 Å². The van der Waals surface area contributed by atoms with Gasteiger partial charge < -0.3 is 20.3 Å². The molecule has 3 rings (SSSR count). The number of nitrogens with zero attached hydrogens (tertiary/aromatic N) is 1. The first-order valence-electron chi connectivity index (χ1n) is 10.8. The summed E-state index contributed by atoms with van der Waals surface area (Å²) in [6.07, 6.45) is 5.80. The summed E-state index contributed by atoms with van der Waals surface area (Å²) in [6, 6.07) is 6.12. The Hall–Kier alpha value is -2.15. The van der Waals surface area contributed by atoms with Crippen LogP contribution in [0.15, 0.2) is 24.3 Å². The highest BCUT2D eigenvalue weighted by atomic mass is 19.1. The van der Waals surface area contributed by atoms with Crippen LogP contribution in [0.4, 0.5) is 10.1 Å². The van der Waals surface area contributed by atoms with Gasteiger partial charge in [-0.3, -0.25) is 9.59 Å². The third-order valence-electron chi connectivity index (χ3n) is 5.88. The van der Waals surface area contributed by atoms with Crippen molar-refractivity contribution >= 4 is 17.5 Å². The summed E-state index contributed by atoms with van der Waals surface area (Å²) >= 11 is 0. The lowest BCUT2D eigenvalue weighted by atomic mass is 9.77. The molecule has 2 N–H and O–H groups in total. The zero-order valence-electron chi connectivity index (χ0n) is 17.0. The van der Waals surface area contributed by atoms with Crippen LogP contribution >= 0.6 is 0 Å². The number of benzene rings is 1. The summed E-state index contributed by atoms with van der Waals surface area (Å²) in [5, 5.41) is 6.07. The fourth-order valence-corrected chi connectivity index (χ4v) is 4.26. The van der Waals surface area contributed by atoms with Crippen LogP contribution in [-0.2, 0) is 14.3 Å². The predicted molar refractivity (Wildman–Crippen MR) is 110 cm³/mol. The second kappa shape index (κ2) is 11.1. The number of morpholine rings is 1. The van der Waals surface area contributed by atoms with E-state index in [1.165, 1.54) is 18.6 Å². The maximum absolute atomic E-state index is 13.1. The lowest BCUT2D eigenvalue weighted by Gasteiger charge is -2.35. The summed E-state index contributed by atoms with van der Waals surface area (Å²) in [4.78, 5) is 27.5. The van der Waals surface area contributed by atoms with Crippen LogP contribution < -0.4 is 10.6 Å². The maximum atomic E-state index is 13.1. The molecule has 2 aliphatic rings. The van der Waals surface area contributed by atoms with Crippen LogP contribution in [0.1, 0.15) is 38.5 Å². The van der Waals surface area contributed by atoms with Gasteiger partial charge in [-0.05, 0) is 43.0 Å². The second-order valence-corrected chi connectivity index (χ2v) is 7.93. The Labute approximate surface area is 172 Å². The van der Waals surface area contributed by atoms with Gasteiger partial charge in [-0.25, -0.2) is 4.39 Å². The summed E-state index contributed by atoms with van der Waals surface area (Å²) in [5.41, 5.74) is 0.809. The van der Waals surface area contributed by atoms with Crippen molar-refractivity contribution in [2.24, 2.45) is 11.8 Å². The van der Waals surface area contributed by atoms with E-state index < -0.39 is 0 Å². The minimum absolute atomic E-state index is 0.0805. The minimum Gasteiger partial charge on any atom is -0.383 e. The van der Waals surface area contributed by atoms with Crippen LogP contribution in [0, 0.1) is 17.7 Å². The zero-order chi connectivity index (χ0) is 20.5. The molecule has 1 aromatic carbocycles. The molecule has 1 aliphatic heterocycles. The largest absolute Gasteiger partial charge is 0.383 e. The Balaban J connectivity index is 1.48. The number of nitrogens with one attached hydrogen (secondary N) is 2. The Bertz CT molecular complexity index is 656. The lowest BCUT2D eigenvalue weighted by Crippen LogP contribution is -2.47. The average molecular weight is 406 g/mol. The third-order valence-corrected chi connectivity index (χ3v) is 5.88. The Morgan fingerprint density at radius 2 is 1.76 bits per heavy atom. The highest BCUT2D eigenvalue weighted by Crippen LogP contribution is 2.33. The molecule has 0 radical (unpaired) electrons. The number of ether oxygens (including phenoxy) is 1. The van der Waals surface area contributed by atoms with Crippen molar-refractivity contribution in [1.29, 1.82) is 0 Å². The number of anilines is 1. The molecular formula is C22H32FN3O3. The summed E-state index contributed by atoms with van der Waals surface area (Å²) in [5.74, 6) is -0.189. The van der Waals surface area contributed by atoms with E-state index in [0.29, 0.717) is 45.3 Å². The highest BCUT2D eigenvalue weighted by Gasteiger charge is 2.34. The lowest BCUT2D eigenvalue weighted by molar-refractivity contribution is -0.144. The third kappa shape index (κ3) is 6.70. The molecule has 1 atom stereocenters. The van der Waals surface area contributed by atoms with Crippen molar-refractivity contribution in [3.05, 3.63) is 30.1 Å². The van der Waals surface area contributed by atoms with Crippen molar-refractivity contribution in [3.8, 4) is 0 Å². The Morgan fingerprint density at radius 1 is 1.07 bits per heavy atom. The zero-order valence-corrected chi connectivity index (χ0v) is 17.0. The maximum Gasteiger partial charge on any atom is 0.226 e. The number of halogens is 1. The molecule has 1 heterocycles. The molecule has 160 valence electrons. The fourth-order valence-electron chi connectivity index (χ4n) is 4.26. The molecule has 1 aliphatic carbocycles. The summed E-state index contributed by atoms with van der Waals surface area (Å²) < 4.78 is 18.3. The van der Waals surface area contributed by atoms with Gasteiger partial charge in [0.15, 0.2) is 0 Å². The molecular weight excluding hydrogens is 373 g/mol. The van der Waals surface area contributed by atoms with E-state index in [0.717, 1.165) is 31.4 Å². The molecule has 1 unspecified atom stereocenters. The van der Waals surface area contributed by atoms with Gasteiger partial charge in [0.1, 0.15) is 5.82 Å². The standard InChI is InChI=1S/C22H32FN3O3/c23-18-6-8-19(9-7-18)24-10-11-25-21(27)16-20(17-4-2-1-3-5-17)22(28)26-12-14-29-15-13-26/h6-9,17,20,24H,1-5,10-16H2,(H,25,27). The van der Waals surface area contributed by atoms with Gasteiger partial charge in [-0.1, -0.05) is 19.3 Å². The first kappa shape index (κ1) is 21.6. The molecule has 2 amide bonds. The van der Waals surface area contributed by atoms with E-state index in [4.69, 9.17) is 4.74 Å². The molecule has 29 heavy (non-hydrogen) atoms. The monoisotopic (exact) mass is 405 g/mol. The van der Waals surface area contributed by atoms with E-state index in [9.17, 15) is 14.0 Å². The first-order chi connectivity index (χ1) is 14.1. The minimum atomic E-state index is -0.275. The number of carbonyl (C=O) groups is 2.